The van der Waals surface area contributed by atoms with Gasteiger partial charge < -0.3 is 9.47 Å². The summed E-state index contributed by atoms with van der Waals surface area (Å²) >= 11 is 2.89. The fraction of sp³-hybridized carbons (Fsp3) is 0.409. The summed E-state index contributed by atoms with van der Waals surface area (Å²) in [6.45, 7) is 6.14. The first kappa shape index (κ1) is 23.3. The number of nitrogens with zero attached hydrogens (tertiary/aromatic N) is 4. The van der Waals surface area contributed by atoms with E-state index in [4.69, 9.17) is 9.47 Å². The van der Waals surface area contributed by atoms with Gasteiger partial charge in [-0.05, 0) is 25.1 Å². The lowest BCUT2D eigenvalue weighted by atomic mass is 10.1. The van der Waals surface area contributed by atoms with Gasteiger partial charge in [0.05, 0.1) is 23.0 Å². The lowest BCUT2D eigenvalue weighted by molar-refractivity contribution is -0.127. The maximum atomic E-state index is 12.9. The average molecular weight is 488 g/mol. The number of hydrogen-bond donors (Lipinski definition) is 1. The zero-order valence-electron chi connectivity index (χ0n) is 18.8. The van der Waals surface area contributed by atoms with E-state index in [1.54, 1.807) is 25.4 Å². The van der Waals surface area contributed by atoms with Crippen molar-refractivity contribution in [2.75, 3.05) is 30.5 Å². The van der Waals surface area contributed by atoms with E-state index in [0.717, 1.165) is 27.7 Å². The number of hydrogen-bond acceptors (Lipinski definition) is 9. The summed E-state index contributed by atoms with van der Waals surface area (Å²) < 4.78 is 10.9. The van der Waals surface area contributed by atoms with Crippen molar-refractivity contribution in [3.8, 4) is 17.0 Å². The molecule has 3 heterocycles. The number of fused-ring (bicyclic) bond motifs is 1. The van der Waals surface area contributed by atoms with E-state index in [-0.39, 0.29) is 24.3 Å². The summed E-state index contributed by atoms with van der Waals surface area (Å²) in [7, 11) is 1.66. The van der Waals surface area contributed by atoms with Crippen LogP contribution < -0.4 is 15.0 Å². The highest BCUT2D eigenvalue weighted by Gasteiger charge is 2.33. The van der Waals surface area contributed by atoms with Crippen LogP contribution in [0.15, 0.2) is 23.6 Å². The van der Waals surface area contributed by atoms with Crippen molar-refractivity contribution in [3.63, 3.8) is 0 Å². The molecule has 1 aromatic carbocycles. The predicted octanol–water partition coefficient (Wildman–Crippen LogP) is 3.73. The molecule has 0 aliphatic carbocycles. The molecule has 2 aromatic heterocycles. The minimum Gasteiger partial charge on any atom is -0.479 e. The van der Waals surface area contributed by atoms with Crippen molar-refractivity contribution in [2.45, 2.75) is 39.2 Å². The highest BCUT2D eigenvalue weighted by Crippen LogP contribution is 2.38. The second-order valence-electron chi connectivity index (χ2n) is 7.88. The zero-order valence-corrected chi connectivity index (χ0v) is 20.5. The molecule has 33 heavy (non-hydrogen) atoms. The Kier molecular flexibility index (Phi) is 7.01. The summed E-state index contributed by atoms with van der Waals surface area (Å²) in [5.41, 5.74) is 2.19. The fourth-order valence-corrected chi connectivity index (χ4v) is 4.85. The van der Waals surface area contributed by atoms with Crippen molar-refractivity contribution in [2.24, 2.45) is 0 Å². The third-order valence-corrected chi connectivity index (χ3v) is 7.07. The van der Waals surface area contributed by atoms with Crippen LogP contribution in [0.5, 0.6) is 5.75 Å². The van der Waals surface area contributed by atoms with Crippen LogP contribution in [0.3, 0.4) is 0 Å². The number of aromatic nitrogens is 3. The molecule has 3 aromatic rings. The number of nitrogens with one attached hydrogen (secondary N) is 1. The Balaban J connectivity index is 1.56. The highest BCUT2D eigenvalue weighted by atomic mass is 32.1. The first-order valence-electron chi connectivity index (χ1n) is 10.5. The van der Waals surface area contributed by atoms with E-state index in [1.807, 2.05) is 37.4 Å². The summed E-state index contributed by atoms with van der Waals surface area (Å²) in [6, 6.07) is 5.55. The number of carbonyl (C=O) groups excluding carboxylic acids is 2. The molecule has 1 aliphatic rings. The number of thiazole rings is 1. The van der Waals surface area contributed by atoms with E-state index in [1.165, 1.54) is 16.2 Å². The topological polar surface area (TPSA) is 107 Å². The molecule has 0 fully saturated rings. The number of benzene rings is 1. The van der Waals surface area contributed by atoms with Crippen LogP contribution in [0.4, 0.5) is 10.8 Å². The number of rotatable bonds is 8. The molecular weight excluding hydrogens is 462 g/mol. The minimum absolute atomic E-state index is 0.157. The molecule has 1 atom stereocenters. The van der Waals surface area contributed by atoms with Gasteiger partial charge in [-0.25, -0.2) is 4.98 Å². The van der Waals surface area contributed by atoms with Gasteiger partial charge in [-0.15, -0.1) is 21.5 Å². The van der Waals surface area contributed by atoms with Gasteiger partial charge in [-0.2, -0.15) is 0 Å². The Bertz CT molecular complexity index is 1160. The maximum Gasteiger partial charge on any atom is 0.268 e. The number of carbonyl (C=O) groups is 2. The molecule has 2 amide bonds. The normalized spacial score (nSPS) is 15.5. The number of amides is 2. The number of ether oxygens (including phenoxy) is 2. The van der Waals surface area contributed by atoms with Crippen LogP contribution >= 0.6 is 22.7 Å². The summed E-state index contributed by atoms with van der Waals surface area (Å²) in [6.07, 6.45) is 0.0481. The third-order valence-electron chi connectivity index (χ3n) is 5.02. The van der Waals surface area contributed by atoms with Gasteiger partial charge in [-0.1, -0.05) is 25.2 Å². The quantitative estimate of drug-likeness (QED) is 0.516. The molecule has 9 nitrogen and oxygen atoms in total. The third kappa shape index (κ3) is 5.21. The predicted molar refractivity (Wildman–Crippen MR) is 128 cm³/mol. The SMILES string of the molecule is COCCc1nc(-c2ccc3c(c2)N(CC(=O)Nc2nnc(C(C)C)s2)C(=O)C(C)O3)cs1. The molecule has 1 N–H and O–H groups in total. The van der Waals surface area contributed by atoms with Gasteiger partial charge in [-0.3, -0.25) is 19.8 Å². The molecule has 1 aliphatic heterocycles. The second-order valence-corrected chi connectivity index (χ2v) is 9.84. The molecular formula is C22H25N5O4S2. The maximum absolute atomic E-state index is 12.9. The lowest BCUT2D eigenvalue weighted by Gasteiger charge is -2.32. The van der Waals surface area contributed by atoms with Crippen LogP contribution in [0.1, 0.15) is 36.7 Å². The summed E-state index contributed by atoms with van der Waals surface area (Å²) in [4.78, 5) is 31.8. The second kappa shape index (κ2) is 9.94. The monoisotopic (exact) mass is 487 g/mol. The van der Waals surface area contributed by atoms with E-state index in [9.17, 15) is 9.59 Å². The Labute approximate surface area is 199 Å². The molecule has 11 heteroatoms. The van der Waals surface area contributed by atoms with Gasteiger partial charge in [0.15, 0.2) is 6.10 Å². The van der Waals surface area contributed by atoms with Crippen molar-refractivity contribution in [3.05, 3.63) is 33.6 Å². The molecule has 174 valence electrons. The van der Waals surface area contributed by atoms with Crippen LogP contribution in [-0.2, 0) is 20.7 Å². The highest BCUT2D eigenvalue weighted by molar-refractivity contribution is 7.15. The smallest absolute Gasteiger partial charge is 0.268 e. The van der Waals surface area contributed by atoms with Crippen LogP contribution in [0.25, 0.3) is 11.3 Å². The Hall–Kier alpha value is -2.89. The van der Waals surface area contributed by atoms with E-state index in [2.05, 4.69) is 20.5 Å². The van der Waals surface area contributed by atoms with E-state index >= 15 is 0 Å². The summed E-state index contributed by atoms with van der Waals surface area (Å²) in [5.74, 6) is 0.136. The minimum atomic E-state index is -0.690. The average Bonchev–Trinajstić information content (AvgIpc) is 3.45. The van der Waals surface area contributed by atoms with Crippen LogP contribution in [0, 0.1) is 0 Å². The van der Waals surface area contributed by atoms with Crippen LogP contribution in [-0.4, -0.2) is 53.4 Å². The van der Waals surface area contributed by atoms with Gasteiger partial charge >= 0.3 is 0 Å². The Morgan fingerprint density at radius 3 is 2.88 bits per heavy atom. The van der Waals surface area contributed by atoms with Crippen molar-refractivity contribution in [1.29, 1.82) is 0 Å². The lowest BCUT2D eigenvalue weighted by Crippen LogP contribution is -2.47. The van der Waals surface area contributed by atoms with Gasteiger partial charge in [0, 0.05) is 30.4 Å². The summed E-state index contributed by atoms with van der Waals surface area (Å²) in [5, 5.41) is 15.0. The first-order chi connectivity index (χ1) is 15.9. The molecule has 4 rings (SSSR count). The standard InChI is InChI=1S/C22H25N5O4S2/c1-12(2)20-25-26-22(33-20)24-18(28)10-27-16-9-14(5-6-17(16)31-13(3)21(27)29)15-11-32-19(23-15)7-8-30-4/h5-6,9,11-13H,7-8,10H2,1-4H3,(H,24,26,28). The molecule has 0 spiro atoms. The van der Waals surface area contributed by atoms with Crippen molar-refractivity contribution >= 4 is 45.3 Å². The van der Waals surface area contributed by atoms with Gasteiger partial charge in [0.1, 0.15) is 17.3 Å². The molecule has 0 bridgehead atoms. The van der Waals surface area contributed by atoms with Gasteiger partial charge in [0.2, 0.25) is 11.0 Å². The first-order valence-corrected chi connectivity index (χ1v) is 12.2. The largest absolute Gasteiger partial charge is 0.479 e. The number of anilines is 2. The Morgan fingerprint density at radius 2 is 2.15 bits per heavy atom. The van der Waals surface area contributed by atoms with E-state index < -0.39 is 6.10 Å². The molecule has 0 saturated carbocycles. The molecule has 0 saturated heterocycles. The zero-order chi connectivity index (χ0) is 23.5. The van der Waals surface area contributed by atoms with Gasteiger partial charge in [0.25, 0.3) is 5.91 Å². The van der Waals surface area contributed by atoms with Crippen molar-refractivity contribution in [1.82, 2.24) is 15.2 Å². The molecule has 1 unspecified atom stereocenters. The van der Waals surface area contributed by atoms with Crippen molar-refractivity contribution < 1.29 is 19.1 Å². The number of methoxy groups -OCH3 is 1. The Morgan fingerprint density at radius 1 is 1.33 bits per heavy atom. The molecule has 0 radical (unpaired) electrons. The van der Waals surface area contributed by atoms with E-state index in [0.29, 0.717) is 23.2 Å². The van der Waals surface area contributed by atoms with Crippen LogP contribution in [0.2, 0.25) is 0 Å². The fourth-order valence-electron chi connectivity index (χ4n) is 3.30.